The minimum atomic E-state index is -0.477. The second-order valence-corrected chi connectivity index (χ2v) is 6.63. The molecule has 0 radical (unpaired) electrons. The Morgan fingerprint density at radius 3 is 2.72 bits per heavy atom. The lowest BCUT2D eigenvalue weighted by molar-refractivity contribution is 0.102. The summed E-state index contributed by atoms with van der Waals surface area (Å²) < 4.78 is 19.1. The summed E-state index contributed by atoms with van der Waals surface area (Å²) in [6, 6.07) is 11.0. The number of piperidine rings is 1. The van der Waals surface area contributed by atoms with Crippen molar-refractivity contribution in [2.45, 2.75) is 18.9 Å². The van der Waals surface area contributed by atoms with Gasteiger partial charge in [0.15, 0.2) is 0 Å². The van der Waals surface area contributed by atoms with Crippen molar-refractivity contribution in [1.29, 1.82) is 0 Å². The first-order chi connectivity index (χ1) is 12.0. The summed E-state index contributed by atoms with van der Waals surface area (Å²) in [5, 5.41) is 2.85. The Kier molecular flexibility index (Phi) is 5.56. The molecule has 25 heavy (non-hydrogen) atoms. The second-order valence-electron chi connectivity index (χ2n) is 6.23. The number of carbonyl (C=O) groups is 1. The number of halogens is 2. The third-order valence-electron chi connectivity index (χ3n) is 4.24. The van der Waals surface area contributed by atoms with Crippen LogP contribution in [0.4, 0.5) is 10.1 Å². The van der Waals surface area contributed by atoms with Crippen molar-refractivity contribution >= 4 is 23.2 Å². The Labute approximate surface area is 151 Å². The van der Waals surface area contributed by atoms with Gasteiger partial charge < -0.3 is 15.0 Å². The first-order valence-corrected chi connectivity index (χ1v) is 8.61. The first-order valence-electron chi connectivity index (χ1n) is 8.23. The van der Waals surface area contributed by atoms with Crippen LogP contribution in [-0.4, -0.2) is 37.0 Å². The van der Waals surface area contributed by atoms with Gasteiger partial charge in [-0.1, -0.05) is 17.7 Å². The van der Waals surface area contributed by atoms with Gasteiger partial charge >= 0.3 is 0 Å². The molecule has 1 fully saturated rings. The number of hydrogen-bond donors (Lipinski definition) is 1. The summed E-state index contributed by atoms with van der Waals surface area (Å²) in [6.45, 7) is 2.04. The minimum absolute atomic E-state index is 0.0798. The van der Waals surface area contributed by atoms with Crippen molar-refractivity contribution in [3.63, 3.8) is 0 Å². The number of carbonyl (C=O) groups excluding carboxylic acids is 1. The lowest BCUT2D eigenvalue weighted by Crippen LogP contribution is -2.35. The molecule has 1 heterocycles. The van der Waals surface area contributed by atoms with E-state index in [2.05, 4.69) is 17.3 Å². The largest absolute Gasteiger partial charge is 0.490 e. The van der Waals surface area contributed by atoms with E-state index in [9.17, 15) is 9.18 Å². The van der Waals surface area contributed by atoms with Crippen molar-refractivity contribution in [3.05, 3.63) is 58.9 Å². The van der Waals surface area contributed by atoms with E-state index in [1.165, 1.54) is 12.1 Å². The summed E-state index contributed by atoms with van der Waals surface area (Å²) in [5.41, 5.74) is 0.834. The van der Waals surface area contributed by atoms with Crippen LogP contribution in [0.3, 0.4) is 0 Å². The van der Waals surface area contributed by atoms with E-state index < -0.39 is 5.82 Å². The monoisotopic (exact) mass is 362 g/mol. The average Bonchev–Trinajstić information content (AvgIpc) is 2.57. The molecule has 1 amide bonds. The number of nitrogens with zero attached hydrogens (tertiary/aromatic N) is 1. The van der Waals surface area contributed by atoms with Crippen LogP contribution < -0.4 is 10.1 Å². The van der Waals surface area contributed by atoms with E-state index in [0.717, 1.165) is 37.7 Å². The zero-order valence-corrected chi connectivity index (χ0v) is 14.7. The maximum Gasteiger partial charge on any atom is 0.257 e. The number of benzene rings is 2. The van der Waals surface area contributed by atoms with Gasteiger partial charge in [-0.2, -0.15) is 0 Å². The van der Waals surface area contributed by atoms with Crippen LogP contribution >= 0.6 is 11.6 Å². The summed E-state index contributed by atoms with van der Waals surface area (Å²) in [7, 11) is 2.10. The zero-order chi connectivity index (χ0) is 17.8. The molecule has 3 rings (SSSR count). The molecular formula is C19H20ClFN2O2. The molecule has 0 aromatic heterocycles. The maximum atomic E-state index is 13.1. The van der Waals surface area contributed by atoms with Crippen LogP contribution in [0.5, 0.6) is 5.75 Å². The molecule has 0 saturated carbocycles. The standard InChI is InChI=1S/C19H20ClFN2O2/c1-23-9-7-15(8-10-23)25-16-4-2-3-14(12-16)22-19(24)17-6-5-13(21)11-18(17)20/h2-6,11-12,15H,7-10H2,1H3,(H,22,24). The van der Waals surface area contributed by atoms with Crippen LogP contribution in [0, 0.1) is 5.82 Å². The molecule has 6 heteroatoms. The fraction of sp³-hybridized carbons (Fsp3) is 0.316. The number of rotatable bonds is 4. The fourth-order valence-electron chi connectivity index (χ4n) is 2.81. The number of ether oxygens (including phenoxy) is 1. The third kappa shape index (κ3) is 4.71. The molecule has 0 atom stereocenters. The average molecular weight is 363 g/mol. The molecule has 0 unspecified atom stereocenters. The highest BCUT2D eigenvalue weighted by Crippen LogP contribution is 2.23. The number of likely N-dealkylation sites (tertiary alicyclic amines) is 1. The van der Waals surface area contributed by atoms with Crippen LogP contribution in [0.2, 0.25) is 5.02 Å². The van der Waals surface area contributed by atoms with Gasteiger partial charge in [0.2, 0.25) is 0 Å². The highest BCUT2D eigenvalue weighted by molar-refractivity contribution is 6.34. The molecular weight excluding hydrogens is 343 g/mol. The Balaban J connectivity index is 1.66. The zero-order valence-electron chi connectivity index (χ0n) is 14.0. The summed E-state index contributed by atoms with van der Waals surface area (Å²) in [6.07, 6.45) is 2.16. The number of anilines is 1. The van der Waals surface area contributed by atoms with Crippen molar-refractivity contribution in [2.24, 2.45) is 0 Å². The van der Waals surface area contributed by atoms with Gasteiger partial charge in [-0.3, -0.25) is 4.79 Å². The highest BCUT2D eigenvalue weighted by Gasteiger charge is 2.18. The number of nitrogens with one attached hydrogen (secondary N) is 1. The van der Waals surface area contributed by atoms with E-state index in [4.69, 9.17) is 16.3 Å². The molecule has 2 aromatic rings. The SMILES string of the molecule is CN1CCC(Oc2cccc(NC(=O)c3ccc(F)cc3Cl)c2)CC1. The third-order valence-corrected chi connectivity index (χ3v) is 4.55. The number of hydrogen-bond acceptors (Lipinski definition) is 3. The van der Waals surface area contributed by atoms with E-state index in [-0.39, 0.29) is 22.6 Å². The Morgan fingerprint density at radius 1 is 1.24 bits per heavy atom. The Hall–Kier alpha value is -2.11. The first kappa shape index (κ1) is 17.7. The van der Waals surface area contributed by atoms with Crippen LogP contribution in [0.1, 0.15) is 23.2 Å². The van der Waals surface area contributed by atoms with E-state index in [0.29, 0.717) is 5.69 Å². The second kappa shape index (κ2) is 7.85. The lowest BCUT2D eigenvalue weighted by atomic mass is 10.1. The molecule has 4 nitrogen and oxygen atoms in total. The van der Waals surface area contributed by atoms with Gasteiger partial charge in [0.05, 0.1) is 10.6 Å². The molecule has 0 aliphatic carbocycles. The molecule has 1 aliphatic heterocycles. The highest BCUT2D eigenvalue weighted by atomic mass is 35.5. The van der Waals surface area contributed by atoms with E-state index in [1.807, 2.05) is 12.1 Å². The van der Waals surface area contributed by atoms with Crippen molar-refractivity contribution < 1.29 is 13.9 Å². The molecule has 0 spiro atoms. The Morgan fingerprint density at radius 2 is 2.00 bits per heavy atom. The van der Waals surface area contributed by atoms with Gasteiger partial charge in [-0.15, -0.1) is 0 Å². The Bertz CT molecular complexity index is 761. The van der Waals surface area contributed by atoms with E-state index in [1.54, 1.807) is 12.1 Å². The summed E-state index contributed by atoms with van der Waals surface area (Å²) >= 11 is 5.93. The maximum absolute atomic E-state index is 13.1. The normalized spacial score (nSPS) is 15.8. The molecule has 1 aliphatic rings. The summed E-state index contributed by atoms with van der Waals surface area (Å²) in [4.78, 5) is 14.6. The van der Waals surface area contributed by atoms with Crippen LogP contribution in [0.15, 0.2) is 42.5 Å². The quantitative estimate of drug-likeness (QED) is 0.886. The van der Waals surface area contributed by atoms with Crippen molar-refractivity contribution in [3.8, 4) is 5.75 Å². The van der Waals surface area contributed by atoms with Gasteiger partial charge in [-0.25, -0.2) is 4.39 Å². The fourth-order valence-corrected chi connectivity index (χ4v) is 3.07. The minimum Gasteiger partial charge on any atom is -0.490 e. The van der Waals surface area contributed by atoms with Gasteiger partial charge in [0, 0.05) is 24.8 Å². The predicted octanol–water partition coefficient (Wildman–Crippen LogP) is 4.20. The predicted molar refractivity (Wildman–Crippen MR) is 97.0 cm³/mol. The van der Waals surface area contributed by atoms with Crippen LogP contribution in [-0.2, 0) is 0 Å². The molecule has 132 valence electrons. The number of amides is 1. The summed E-state index contributed by atoms with van der Waals surface area (Å²) in [5.74, 6) is -0.144. The topological polar surface area (TPSA) is 41.6 Å². The molecule has 1 N–H and O–H groups in total. The van der Waals surface area contributed by atoms with Crippen molar-refractivity contribution in [2.75, 3.05) is 25.5 Å². The molecule has 0 bridgehead atoms. The van der Waals surface area contributed by atoms with Crippen molar-refractivity contribution in [1.82, 2.24) is 4.90 Å². The molecule has 1 saturated heterocycles. The van der Waals surface area contributed by atoms with Gasteiger partial charge in [-0.05, 0) is 50.2 Å². The molecule has 2 aromatic carbocycles. The van der Waals surface area contributed by atoms with Crippen LogP contribution in [0.25, 0.3) is 0 Å². The van der Waals surface area contributed by atoms with Gasteiger partial charge in [0.1, 0.15) is 17.7 Å². The van der Waals surface area contributed by atoms with Gasteiger partial charge in [0.25, 0.3) is 5.91 Å². The lowest BCUT2D eigenvalue weighted by Gasteiger charge is -2.29. The smallest absolute Gasteiger partial charge is 0.257 e. The van der Waals surface area contributed by atoms with E-state index >= 15 is 0 Å².